The van der Waals surface area contributed by atoms with Gasteiger partial charge in [0.2, 0.25) is 0 Å². The van der Waals surface area contributed by atoms with Gasteiger partial charge in [-0.25, -0.2) is 8.42 Å². The van der Waals surface area contributed by atoms with E-state index >= 15 is 0 Å². The van der Waals surface area contributed by atoms with Crippen molar-refractivity contribution in [2.24, 2.45) is 0 Å². The first-order valence-corrected chi connectivity index (χ1v) is 9.32. The summed E-state index contributed by atoms with van der Waals surface area (Å²) in [6.07, 6.45) is 1.39. The van der Waals surface area contributed by atoms with E-state index in [0.29, 0.717) is 16.3 Å². The monoisotopic (exact) mass is 401 g/mol. The van der Waals surface area contributed by atoms with E-state index in [1.54, 1.807) is 25.1 Å². The van der Waals surface area contributed by atoms with Crippen LogP contribution in [0.15, 0.2) is 29.7 Å². The highest BCUT2D eigenvalue weighted by Gasteiger charge is 2.41. The molecule has 0 bridgehead atoms. The van der Waals surface area contributed by atoms with Crippen LogP contribution in [0.2, 0.25) is 5.02 Å². The van der Waals surface area contributed by atoms with Gasteiger partial charge in [-0.05, 0) is 30.7 Å². The molecule has 0 N–H and O–H groups in total. The van der Waals surface area contributed by atoms with Gasteiger partial charge in [-0.15, -0.1) is 0 Å². The molecule has 0 fully saturated rings. The topological polar surface area (TPSA) is 54.5 Å². The third kappa shape index (κ3) is 3.71. The summed E-state index contributed by atoms with van der Waals surface area (Å²) in [5.74, 6) is -1.11. The number of benzene rings is 1. The minimum Gasteiger partial charge on any atom is -0.300 e. The van der Waals surface area contributed by atoms with Crippen LogP contribution in [0, 0.1) is 6.92 Å². The zero-order chi connectivity index (χ0) is 16.7. The number of alkyl halides is 3. The Labute approximate surface area is 148 Å². The molecule has 0 aromatic heterocycles. The van der Waals surface area contributed by atoms with Gasteiger partial charge in [0.25, 0.3) is 9.70 Å². The molecule has 0 spiro atoms. The molecule has 120 valence electrons. The van der Waals surface area contributed by atoms with Crippen LogP contribution in [0.4, 0.5) is 5.69 Å². The molecule has 0 aliphatic carbocycles. The predicted octanol–water partition coefficient (Wildman–Crippen LogP) is 3.66. The minimum atomic E-state index is -3.39. The van der Waals surface area contributed by atoms with Gasteiger partial charge in [-0.1, -0.05) is 52.5 Å². The Morgan fingerprint density at radius 2 is 1.95 bits per heavy atom. The average molecular weight is 403 g/mol. The summed E-state index contributed by atoms with van der Waals surface area (Å²) in [4.78, 5) is 13.6. The van der Waals surface area contributed by atoms with Crippen LogP contribution >= 0.6 is 46.4 Å². The number of hydrogen-bond acceptors (Lipinski definition) is 3. The Balaban J connectivity index is 2.54. The number of carbonyl (C=O) groups excluding carboxylic acids is 1. The van der Waals surface area contributed by atoms with E-state index in [4.69, 9.17) is 46.4 Å². The second-order valence-electron chi connectivity index (χ2n) is 4.78. The standard InChI is InChI=1S/C13H11Cl4NO3S/c1-8-10(14)3-2-4-11(8)18(12(19)13(15,16)17)9-5-6-22(20,21)7-9/h2-6,9H,7H2,1H3/t9-/m0/s1. The lowest BCUT2D eigenvalue weighted by Gasteiger charge is -2.31. The molecule has 0 saturated heterocycles. The summed E-state index contributed by atoms with van der Waals surface area (Å²) in [5.41, 5.74) is 0.986. The first-order chi connectivity index (χ1) is 10.0. The van der Waals surface area contributed by atoms with Crippen molar-refractivity contribution < 1.29 is 13.2 Å². The zero-order valence-corrected chi connectivity index (χ0v) is 15.1. The minimum absolute atomic E-state index is 0.272. The fourth-order valence-corrected chi connectivity index (χ4v) is 3.86. The van der Waals surface area contributed by atoms with E-state index in [1.165, 1.54) is 6.08 Å². The van der Waals surface area contributed by atoms with Crippen LogP contribution in [-0.2, 0) is 14.6 Å². The number of sulfone groups is 1. The Kier molecular flexibility index (Phi) is 5.05. The van der Waals surface area contributed by atoms with Crippen molar-refractivity contribution in [3.63, 3.8) is 0 Å². The van der Waals surface area contributed by atoms with E-state index < -0.39 is 25.6 Å². The summed E-state index contributed by atoms with van der Waals surface area (Å²) in [7, 11) is -3.39. The van der Waals surface area contributed by atoms with Crippen molar-refractivity contribution in [2.75, 3.05) is 10.7 Å². The molecule has 22 heavy (non-hydrogen) atoms. The zero-order valence-electron chi connectivity index (χ0n) is 11.3. The lowest BCUT2D eigenvalue weighted by molar-refractivity contribution is -0.118. The molecule has 2 rings (SSSR count). The van der Waals surface area contributed by atoms with Gasteiger partial charge in [0.15, 0.2) is 9.84 Å². The molecular formula is C13H11Cl4NO3S. The fourth-order valence-electron chi connectivity index (χ4n) is 2.15. The summed E-state index contributed by atoms with van der Waals surface area (Å²) in [6.45, 7) is 1.70. The lowest BCUT2D eigenvalue weighted by atomic mass is 10.1. The van der Waals surface area contributed by atoms with Gasteiger partial charge in [0, 0.05) is 16.1 Å². The van der Waals surface area contributed by atoms with Gasteiger partial charge in [-0.2, -0.15) is 0 Å². The maximum absolute atomic E-state index is 12.5. The largest absolute Gasteiger partial charge is 0.300 e. The summed E-state index contributed by atoms with van der Waals surface area (Å²) >= 11 is 23.2. The van der Waals surface area contributed by atoms with Crippen LogP contribution < -0.4 is 4.90 Å². The molecule has 1 heterocycles. The van der Waals surface area contributed by atoms with E-state index in [9.17, 15) is 13.2 Å². The van der Waals surface area contributed by atoms with Gasteiger partial charge in [0.05, 0.1) is 11.8 Å². The Morgan fingerprint density at radius 1 is 1.32 bits per heavy atom. The van der Waals surface area contributed by atoms with E-state index in [1.807, 2.05) is 0 Å². The van der Waals surface area contributed by atoms with Crippen LogP contribution in [0.3, 0.4) is 0 Å². The number of nitrogens with zero attached hydrogens (tertiary/aromatic N) is 1. The first-order valence-electron chi connectivity index (χ1n) is 6.09. The lowest BCUT2D eigenvalue weighted by Crippen LogP contribution is -2.47. The van der Waals surface area contributed by atoms with Crippen LogP contribution in [0.25, 0.3) is 0 Å². The second kappa shape index (κ2) is 6.21. The molecule has 9 heteroatoms. The van der Waals surface area contributed by atoms with Crippen LogP contribution in [0.5, 0.6) is 0 Å². The average Bonchev–Trinajstić information content (AvgIpc) is 2.74. The van der Waals surface area contributed by atoms with Crippen molar-refractivity contribution in [3.05, 3.63) is 40.3 Å². The van der Waals surface area contributed by atoms with Gasteiger partial charge in [-0.3, -0.25) is 4.79 Å². The van der Waals surface area contributed by atoms with Crippen molar-refractivity contribution >= 4 is 67.8 Å². The van der Waals surface area contributed by atoms with Crippen molar-refractivity contribution in [2.45, 2.75) is 16.8 Å². The first kappa shape index (κ1) is 17.9. The molecule has 1 aliphatic rings. The molecule has 1 amide bonds. The highest BCUT2D eigenvalue weighted by molar-refractivity contribution is 7.94. The fraction of sp³-hybridized carbons (Fsp3) is 0.308. The second-order valence-corrected chi connectivity index (χ2v) is 9.40. The number of anilines is 1. The SMILES string of the molecule is Cc1c(Cl)cccc1N(C(=O)C(Cl)(Cl)Cl)[C@H]1C=CS(=O)(=O)C1. The Bertz CT molecular complexity index is 740. The van der Waals surface area contributed by atoms with Crippen LogP contribution in [0.1, 0.15) is 5.56 Å². The molecule has 0 radical (unpaired) electrons. The predicted molar refractivity (Wildman–Crippen MR) is 90.7 cm³/mol. The summed E-state index contributed by atoms with van der Waals surface area (Å²) in [6, 6.07) is 4.15. The third-order valence-corrected chi connectivity index (χ3v) is 5.48. The van der Waals surface area contributed by atoms with Crippen molar-refractivity contribution in [1.29, 1.82) is 0 Å². The Hall–Kier alpha value is -0.460. The highest BCUT2D eigenvalue weighted by atomic mass is 35.6. The molecule has 1 aromatic carbocycles. The molecular weight excluding hydrogens is 392 g/mol. The molecule has 1 atom stereocenters. The maximum Gasteiger partial charge on any atom is 0.279 e. The van der Waals surface area contributed by atoms with E-state index in [-0.39, 0.29) is 5.75 Å². The number of amides is 1. The van der Waals surface area contributed by atoms with E-state index in [0.717, 1.165) is 10.3 Å². The van der Waals surface area contributed by atoms with Crippen molar-refractivity contribution in [3.8, 4) is 0 Å². The van der Waals surface area contributed by atoms with Gasteiger partial charge < -0.3 is 4.90 Å². The quantitative estimate of drug-likeness (QED) is 0.709. The molecule has 0 unspecified atom stereocenters. The normalized spacial score (nSPS) is 20.1. The number of halogens is 4. The third-order valence-electron chi connectivity index (χ3n) is 3.20. The summed E-state index contributed by atoms with van der Waals surface area (Å²) in [5, 5.41) is 1.47. The molecule has 4 nitrogen and oxygen atoms in total. The maximum atomic E-state index is 12.5. The Morgan fingerprint density at radius 3 is 2.45 bits per heavy atom. The number of rotatable bonds is 2. The number of carbonyl (C=O) groups is 1. The van der Waals surface area contributed by atoms with Gasteiger partial charge >= 0.3 is 0 Å². The number of hydrogen-bond donors (Lipinski definition) is 0. The molecule has 0 saturated carbocycles. The van der Waals surface area contributed by atoms with E-state index in [2.05, 4.69) is 0 Å². The molecule has 1 aliphatic heterocycles. The highest BCUT2D eigenvalue weighted by Crippen LogP contribution is 2.36. The molecule has 1 aromatic rings. The summed E-state index contributed by atoms with van der Waals surface area (Å²) < 4.78 is 21.1. The van der Waals surface area contributed by atoms with Crippen molar-refractivity contribution in [1.82, 2.24) is 0 Å². The van der Waals surface area contributed by atoms with Crippen LogP contribution in [-0.4, -0.2) is 29.9 Å². The van der Waals surface area contributed by atoms with Gasteiger partial charge in [0.1, 0.15) is 0 Å². The smallest absolute Gasteiger partial charge is 0.279 e.